The van der Waals surface area contributed by atoms with Crippen molar-refractivity contribution >= 4 is 11.8 Å². The zero-order valence-corrected chi connectivity index (χ0v) is 24.5. The molecule has 3 N–H and O–H groups in total. The minimum atomic E-state index is -2.42. The number of Topliss-reactive ketones (excluding diaryl/α,β-unsaturated/α-hetero) is 1. The summed E-state index contributed by atoms with van der Waals surface area (Å²) in [6, 6.07) is 17.6. The van der Waals surface area contributed by atoms with E-state index in [0.29, 0.717) is 16.7 Å². The Kier molecular flexibility index (Phi) is 5.61. The lowest BCUT2D eigenvalue weighted by molar-refractivity contribution is -0.440. The van der Waals surface area contributed by atoms with Gasteiger partial charge in [0.25, 0.3) is 0 Å². The van der Waals surface area contributed by atoms with E-state index in [1.54, 1.807) is 74.5 Å². The number of rotatable bonds is 5. The van der Waals surface area contributed by atoms with Crippen molar-refractivity contribution in [3.8, 4) is 0 Å². The van der Waals surface area contributed by atoms with E-state index >= 15 is 0 Å². The minimum Gasteiger partial charge on any atom is -0.455 e. The van der Waals surface area contributed by atoms with Crippen LogP contribution in [-0.2, 0) is 34.5 Å². The number of hydrogen-bond acceptors (Lipinski definition) is 10. The van der Waals surface area contributed by atoms with Crippen molar-refractivity contribution in [1.29, 1.82) is 0 Å². The number of esters is 1. The predicted molar refractivity (Wildman–Crippen MR) is 152 cm³/mol. The Hall–Kier alpha value is -3.22. The molecule has 0 amide bonds. The van der Waals surface area contributed by atoms with Crippen LogP contribution in [0, 0.1) is 17.8 Å². The first kappa shape index (κ1) is 28.3. The third kappa shape index (κ3) is 3.00. The first-order valence-electron chi connectivity index (χ1n) is 14.9. The number of carbonyl (C=O) groups is 2. The maximum absolute atomic E-state index is 13.8. The standard InChI is InChI=1S/C34H34O10/c1-17(2)32-25(40-28(37)20-11-7-5-8-12-20)19(4)33-22-15-18(3)24(36)31(22,39)29(38)30(16-35)26(41-30)23(33)27(32)42-34(43-32,44-33)21-13-9-6-10-14-21/h5-15,19,22-23,25-27,29,35,38-39H,1,16H2,2-4H3/t19-,22?,23?,25-,26+,27-,29-,30+,31-,32+,33?,34-/m1/s1. The summed E-state index contributed by atoms with van der Waals surface area (Å²) in [5.74, 6) is -5.87. The quantitative estimate of drug-likeness (QED) is 0.265. The van der Waals surface area contributed by atoms with E-state index in [4.69, 9.17) is 23.7 Å². The molecule has 3 saturated heterocycles. The number of epoxide rings is 1. The van der Waals surface area contributed by atoms with Crippen LogP contribution in [0.3, 0.4) is 0 Å². The summed E-state index contributed by atoms with van der Waals surface area (Å²) in [6.45, 7) is 8.80. The van der Waals surface area contributed by atoms with Gasteiger partial charge in [-0.05, 0) is 37.1 Å². The largest absolute Gasteiger partial charge is 0.455 e. The molecule has 2 aromatic carbocycles. The molecule has 3 heterocycles. The molecule has 44 heavy (non-hydrogen) atoms. The van der Waals surface area contributed by atoms with Crippen LogP contribution in [-0.4, -0.2) is 80.5 Å². The van der Waals surface area contributed by atoms with E-state index in [9.17, 15) is 24.9 Å². The highest BCUT2D eigenvalue weighted by Crippen LogP contribution is 2.74. The van der Waals surface area contributed by atoms with Crippen molar-refractivity contribution in [2.75, 3.05) is 6.61 Å². The van der Waals surface area contributed by atoms with Crippen molar-refractivity contribution in [3.05, 3.63) is 95.6 Å². The van der Waals surface area contributed by atoms with Crippen molar-refractivity contribution in [1.82, 2.24) is 0 Å². The van der Waals surface area contributed by atoms with Gasteiger partial charge in [0.05, 0.1) is 17.8 Å². The molecular weight excluding hydrogens is 568 g/mol. The molecule has 3 unspecified atom stereocenters. The summed E-state index contributed by atoms with van der Waals surface area (Å²) < 4.78 is 33.4. The number of hydrogen-bond donors (Lipinski definition) is 3. The summed E-state index contributed by atoms with van der Waals surface area (Å²) in [7, 11) is 0. The molecule has 3 aliphatic carbocycles. The van der Waals surface area contributed by atoms with Gasteiger partial charge < -0.3 is 39.0 Å². The molecule has 2 aromatic rings. The topological polar surface area (TPSA) is 144 Å². The van der Waals surface area contributed by atoms with Crippen LogP contribution in [0.2, 0.25) is 0 Å². The van der Waals surface area contributed by atoms with Crippen molar-refractivity contribution in [2.24, 2.45) is 17.8 Å². The van der Waals surface area contributed by atoms with E-state index in [1.165, 1.54) is 0 Å². The second kappa shape index (κ2) is 8.73. The number of aliphatic hydroxyl groups excluding tert-OH is 2. The van der Waals surface area contributed by atoms with Crippen molar-refractivity contribution in [3.63, 3.8) is 0 Å². The Balaban J connectivity index is 1.41. The first-order valence-corrected chi connectivity index (χ1v) is 14.9. The average Bonchev–Trinajstić information content (AvgIpc) is 3.65. The maximum Gasteiger partial charge on any atom is 0.338 e. The normalized spacial score (nSPS) is 47.6. The van der Waals surface area contributed by atoms with Gasteiger partial charge in [0.2, 0.25) is 0 Å². The van der Waals surface area contributed by atoms with Gasteiger partial charge in [0.1, 0.15) is 30.0 Å². The van der Waals surface area contributed by atoms with Gasteiger partial charge in [-0.1, -0.05) is 68.1 Å². The number of fused-ring (bicyclic) bond motifs is 3. The van der Waals surface area contributed by atoms with E-state index in [0.717, 1.165) is 0 Å². The lowest BCUT2D eigenvalue weighted by atomic mass is 9.53. The third-order valence-electron chi connectivity index (χ3n) is 11.1. The average molecular weight is 603 g/mol. The van der Waals surface area contributed by atoms with Gasteiger partial charge in [-0.15, -0.1) is 0 Å². The first-order chi connectivity index (χ1) is 20.9. The zero-order chi connectivity index (χ0) is 31.0. The van der Waals surface area contributed by atoms with E-state index < -0.39 is 88.9 Å². The fourth-order valence-corrected chi connectivity index (χ4v) is 9.07. The Morgan fingerprint density at radius 2 is 1.68 bits per heavy atom. The molecule has 10 nitrogen and oxygen atoms in total. The van der Waals surface area contributed by atoms with Crippen LogP contribution >= 0.6 is 0 Å². The van der Waals surface area contributed by atoms with E-state index in [1.807, 2.05) is 13.0 Å². The number of carbonyl (C=O) groups excluding carboxylic acids is 2. The van der Waals surface area contributed by atoms with Crippen molar-refractivity contribution in [2.45, 2.75) is 73.6 Å². The molecule has 230 valence electrons. The summed E-state index contributed by atoms with van der Waals surface area (Å²) in [5, 5.41) is 34.8. The molecule has 2 saturated carbocycles. The molecule has 0 spiro atoms. The molecular formula is C34H34O10. The summed E-state index contributed by atoms with van der Waals surface area (Å²) >= 11 is 0. The summed E-state index contributed by atoms with van der Waals surface area (Å²) in [5.41, 5.74) is -5.56. The molecule has 3 aliphatic heterocycles. The van der Waals surface area contributed by atoms with Gasteiger partial charge >= 0.3 is 11.9 Å². The van der Waals surface area contributed by atoms with E-state index in [2.05, 4.69) is 6.58 Å². The molecule has 5 fully saturated rings. The van der Waals surface area contributed by atoms with Crippen molar-refractivity contribution < 1.29 is 48.6 Å². The smallest absolute Gasteiger partial charge is 0.338 e. The highest BCUT2D eigenvalue weighted by Gasteiger charge is 2.90. The fraction of sp³-hybridized carbons (Fsp3) is 0.471. The van der Waals surface area contributed by atoms with Gasteiger partial charge in [0, 0.05) is 23.3 Å². The molecule has 10 heteroatoms. The fourth-order valence-electron chi connectivity index (χ4n) is 9.07. The van der Waals surface area contributed by atoms with Crippen LogP contribution in [0.15, 0.2) is 84.5 Å². The number of benzene rings is 2. The van der Waals surface area contributed by atoms with E-state index in [-0.39, 0.29) is 5.57 Å². The number of aliphatic hydroxyl groups is 3. The van der Waals surface area contributed by atoms with Crippen LogP contribution < -0.4 is 0 Å². The minimum absolute atomic E-state index is 0.232. The molecule has 0 radical (unpaired) electrons. The van der Waals surface area contributed by atoms with Crippen LogP contribution in [0.5, 0.6) is 0 Å². The van der Waals surface area contributed by atoms with Crippen LogP contribution in [0.25, 0.3) is 0 Å². The maximum atomic E-state index is 13.8. The van der Waals surface area contributed by atoms with Crippen LogP contribution in [0.4, 0.5) is 0 Å². The Morgan fingerprint density at radius 3 is 2.32 bits per heavy atom. The molecule has 3 bridgehead atoms. The lowest BCUT2D eigenvalue weighted by Gasteiger charge is -2.61. The molecule has 6 aliphatic rings. The Bertz CT molecular complexity index is 1620. The molecule has 12 atom stereocenters. The number of ketones is 1. The Morgan fingerprint density at radius 1 is 1.02 bits per heavy atom. The second-order valence-electron chi connectivity index (χ2n) is 13.1. The highest BCUT2D eigenvalue weighted by molar-refractivity contribution is 6.05. The van der Waals surface area contributed by atoms with Gasteiger partial charge in [-0.2, -0.15) is 0 Å². The highest BCUT2D eigenvalue weighted by atomic mass is 16.9. The molecule has 0 aromatic heterocycles. The van der Waals surface area contributed by atoms with Gasteiger partial charge in [-0.25, -0.2) is 4.79 Å². The third-order valence-corrected chi connectivity index (χ3v) is 11.1. The Labute approximate surface area is 253 Å². The lowest BCUT2D eigenvalue weighted by Crippen LogP contribution is -2.76. The SMILES string of the molecule is C=C(C)[C@@]12O[C@@]3(c4ccccc4)O[C@@H]1C1[C@@H]4O[C@]4(CO)[C@@H](O)[C@]4(O)C(=O)C(C)=CC4C1(O3)[C@H](C)[C@H]2OC(=O)c1ccccc1. The van der Waals surface area contributed by atoms with Gasteiger partial charge in [0.15, 0.2) is 17.0 Å². The second-order valence-corrected chi connectivity index (χ2v) is 13.1. The van der Waals surface area contributed by atoms with Gasteiger partial charge in [-0.3, -0.25) is 4.79 Å². The van der Waals surface area contributed by atoms with Crippen LogP contribution in [0.1, 0.15) is 36.7 Å². The molecule has 8 rings (SSSR count). The zero-order valence-electron chi connectivity index (χ0n) is 24.5. The predicted octanol–water partition coefficient (Wildman–Crippen LogP) is 2.17. The monoisotopic (exact) mass is 602 g/mol. The number of ether oxygens (including phenoxy) is 5. The summed E-state index contributed by atoms with van der Waals surface area (Å²) in [4.78, 5) is 27.5. The summed E-state index contributed by atoms with van der Waals surface area (Å²) in [6.07, 6.45) is -3.09.